The first kappa shape index (κ1) is 32.2. The van der Waals surface area contributed by atoms with Crippen LogP contribution in [-0.2, 0) is 30.3 Å². The largest absolute Gasteiger partial charge is 0.378 e. The van der Waals surface area contributed by atoms with Gasteiger partial charge in [-0.05, 0) is 32.0 Å². The summed E-state index contributed by atoms with van der Waals surface area (Å²) in [6.45, 7) is 2.78. The second kappa shape index (κ2) is 11.3. The maximum absolute atomic E-state index is 15.1. The third kappa shape index (κ3) is 6.20. The van der Waals surface area contributed by atoms with Crippen LogP contribution < -0.4 is 14.1 Å². The number of nitrogens with zero attached hydrogens (tertiary/aromatic N) is 3. The molecule has 3 aromatic carbocycles. The molecule has 45 heavy (non-hydrogen) atoms. The van der Waals surface area contributed by atoms with Crippen molar-refractivity contribution in [3.05, 3.63) is 65.4 Å². The Morgan fingerprint density at radius 1 is 0.911 bits per heavy atom. The summed E-state index contributed by atoms with van der Waals surface area (Å²) in [5.74, 6) is -2.84. The molecule has 0 saturated heterocycles. The maximum atomic E-state index is 15.1. The van der Waals surface area contributed by atoms with Gasteiger partial charge in [-0.2, -0.15) is 16.8 Å². The smallest absolute Gasteiger partial charge is 0.306 e. The predicted molar refractivity (Wildman–Crippen MR) is 168 cm³/mol. The molecule has 0 aliphatic heterocycles. The summed E-state index contributed by atoms with van der Waals surface area (Å²) in [6, 6.07) is 13.6. The fourth-order valence-electron chi connectivity index (χ4n) is 4.51. The molecule has 0 fully saturated rings. The lowest BCUT2D eigenvalue weighted by atomic mass is 10.0. The third-order valence-corrected chi connectivity index (χ3v) is 9.72. The number of fused-ring (bicyclic) bond motifs is 1. The van der Waals surface area contributed by atoms with Crippen LogP contribution in [0, 0.1) is 5.82 Å². The zero-order chi connectivity index (χ0) is 33.1. The van der Waals surface area contributed by atoms with Gasteiger partial charge in [0.15, 0.2) is 5.75 Å². The van der Waals surface area contributed by atoms with Crippen LogP contribution in [0.1, 0.15) is 13.8 Å². The van der Waals surface area contributed by atoms with Gasteiger partial charge in [0, 0.05) is 5.56 Å². The topological polar surface area (TPSA) is 193 Å². The Bertz CT molecular complexity index is 2280. The number of anilines is 1. The zero-order valence-electron chi connectivity index (χ0n) is 23.9. The molecule has 0 bridgehead atoms. The van der Waals surface area contributed by atoms with E-state index in [2.05, 4.69) is 15.0 Å². The molecule has 3 N–H and O–H groups in total. The molecule has 2 heterocycles. The summed E-state index contributed by atoms with van der Waals surface area (Å²) in [4.78, 5) is 11.5. The van der Waals surface area contributed by atoms with E-state index in [0.29, 0.717) is 22.0 Å². The van der Waals surface area contributed by atoms with Crippen molar-refractivity contribution in [3.8, 4) is 45.4 Å². The van der Waals surface area contributed by atoms with Crippen molar-refractivity contribution in [1.29, 1.82) is 0 Å². The Hall–Kier alpha value is -4.19. The second-order valence-corrected chi connectivity index (χ2v) is 16.0. The first-order valence-electron chi connectivity index (χ1n) is 12.9. The number of hydrogen-bond donors (Lipinski definition) is 2. The maximum Gasteiger partial charge on any atom is 0.306 e. The van der Waals surface area contributed by atoms with Gasteiger partial charge in [0.1, 0.15) is 17.2 Å². The Balaban J connectivity index is 2.01. The average Bonchev–Trinajstić information content (AvgIpc) is 3.50. The van der Waals surface area contributed by atoms with Crippen molar-refractivity contribution in [2.75, 3.05) is 18.2 Å². The summed E-state index contributed by atoms with van der Waals surface area (Å²) in [7, 11) is -13.1. The molecule has 0 spiro atoms. The fourth-order valence-corrected chi connectivity index (χ4v) is 6.82. The van der Waals surface area contributed by atoms with E-state index < -0.39 is 64.3 Å². The number of aromatic nitrogens is 4. The van der Waals surface area contributed by atoms with Gasteiger partial charge in [-0.15, -0.1) is 0 Å². The Morgan fingerprint density at radius 3 is 2.11 bits per heavy atom. The van der Waals surface area contributed by atoms with E-state index in [0.717, 1.165) is 6.07 Å². The van der Waals surface area contributed by atoms with Crippen molar-refractivity contribution in [1.82, 2.24) is 18.9 Å². The quantitative estimate of drug-likeness (QED) is 0.207. The average molecular weight is 698 g/mol. The van der Waals surface area contributed by atoms with Crippen molar-refractivity contribution >= 4 is 58.8 Å². The van der Waals surface area contributed by atoms with E-state index in [1.54, 1.807) is 30.3 Å². The molecule has 0 radical (unpaired) electrons. The minimum absolute atomic E-state index is 0.00653. The van der Waals surface area contributed by atoms with E-state index in [4.69, 9.17) is 25.7 Å². The predicted octanol–water partition coefficient (Wildman–Crippen LogP) is 4.40. The number of benzene rings is 3. The number of halogens is 2. The van der Waals surface area contributed by atoms with Gasteiger partial charge in [-0.3, -0.25) is 0 Å². The van der Waals surface area contributed by atoms with Crippen LogP contribution in [0.4, 0.5) is 10.3 Å². The van der Waals surface area contributed by atoms with Crippen molar-refractivity contribution in [2.45, 2.75) is 19.1 Å². The summed E-state index contributed by atoms with van der Waals surface area (Å²) >= 11 is 6.33. The summed E-state index contributed by atoms with van der Waals surface area (Å²) in [5.41, 5.74) is 5.50. The van der Waals surface area contributed by atoms with Gasteiger partial charge in [-0.1, -0.05) is 48.0 Å². The number of nitrogens with two attached hydrogens (primary N) is 1. The van der Waals surface area contributed by atoms with Crippen LogP contribution in [0.25, 0.3) is 44.9 Å². The van der Waals surface area contributed by atoms with Crippen molar-refractivity contribution in [3.63, 3.8) is 0 Å². The van der Waals surface area contributed by atoms with Crippen LogP contribution in [0.2, 0.25) is 5.02 Å². The van der Waals surface area contributed by atoms with Gasteiger partial charge >= 0.3 is 20.2 Å². The van der Waals surface area contributed by atoms with E-state index >= 15 is 4.39 Å². The SMILES string of the molecule is CC(C)S(=O)(=O)n1c(N)nc2c(OS(C)(=O)=O)c(OS(C)(=O)=O)c(-c3[nH]c(-c4c(F)cccc4Cl)nc3-c3ccccc3)cc21. The van der Waals surface area contributed by atoms with Crippen LogP contribution in [-0.4, -0.2) is 61.9 Å². The van der Waals surface area contributed by atoms with E-state index in [1.807, 2.05) is 0 Å². The molecule has 5 rings (SSSR count). The van der Waals surface area contributed by atoms with Gasteiger partial charge in [0.2, 0.25) is 21.7 Å². The van der Waals surface area contributed by atoms with Gasteiger partial charge in [-0.25, -0.2) is 26.7 Å². The van der Waals surface area contributed by atoms with E-state index in [9.17, 15) is 25.3 Å². The molecule has 5 aromatic rings. The standard InChI is InChI=1S/C27H25ClFN5O8S3/c1-14(2)45(39,40)34-19-13-16(24(41-43(3,35)36)25(42-44(4,37)38)23(19)33-27(34)30)22-21(15-9-6-5-7-10-15)31-26(32-22)20-17(28)11-8-12-18(20)29/h5-14H,1-4H3,(H2,30,33)(H,31,32). The second-order valence-electron chi connectivity index (χ2n) is 10.1. The highest BCUT2D eigenvalue weighted by Crippen LogP contribution is 2.48. The summed E-state index contributed by atoms with van der Waals surface area (Å²) < 4.78 is 103. The highest BCUT2D eigenvalue weighted by molar-refractivity contribution is 7.90. The van der Waals surface area contributed by atoms with Crippen molar-refractivity contribution < 1.29 is 38.0 Å². The first-order chi connectivity index (χ1) is 20.9. The number of hydrogen-bond acceptors (Lipinski definition) is 11. The normalized spacial score (nSPS) is 12.6. The summed E-state index contributed by atoms with van der Waals surface area (Å²) in [5, 5.41) is -1.03. The number of nitrogens with one attached hydrogen (secondary N) is 1. The monoisotopic (exact) mass is 697 g/mol. The molecule has 13 nitrogen and oxygen atoms in total. The van der Waals surface area contributed by atoms with Crippen LogP contribution >= 0.6 is 11.6 Å². The molecule has 0 aliphatic carbocycles. The Kier molecular flexibility index (Phi) is 8.10. The third-order valence-electron chi connectivity index (χ3n) is 6.38. The molecule has 0 aliphatic rings. The lowest BCUT2D eigenvalue weighted by molar-refractivity contribution is 0.458. The number of H-pyrrole nitrogens is 1. The highest BCUT2D eigenvalue weighted by Gasteiger charge is 2.33. The molecule has 0 unspecified atom stereocenters. The number of rotatable bonds is 9. The van der Waals surface area contributed by atoms with Crippen molar-refractivity contribution in [2.24, 2.45) is 0 Å². The molecular weight excluding hydrogens is 673 g/mol. The molecule has 18 heteroatoms. The summed E-state index contributed by atoms with van der Waals surface area (Å²) in [6.07, 6.45) is 1.39. The van der Waals surface area contributed by atoms with Gasteiger partial charge < -0.3 is 19.1 Å². The van der Waals surface area contributed by atoms with Crippen LogP contribution in [0.3, 0.4) is 0 Å². The lowest BCUT2D eigenvalue weighted by Gasteiger charge is -2.16. The lowest BCUT2D eigenvalue weighted by Crippen LogP contribution is -2.23. The zero-order valence-corrected chi connectivity index (χ0v) is 27.1. The van der Waals surface area contributed by atoms with Gasteiger partial charge in [0.25, 0.3) is 0 Å². The molecule has 0 saturated carbocycles. The Labute approximate surface area is 263 Å². The molecule has 238 valence electrons. The van der Waals surface area contributed by atoms with Gasteiger partial charge in [0.05, 0.1) is 50.8 Å². The first-order valence-corrected chi connectivity index (χ1v) is 18.4. The number of nitrogen functional groups attached to an aromatic ring is 1. The number of imidazole rings is 2. The highest BCUT2D eigenvalue weighted by atomic mass is 35.5. The molecule has 0 amide bonds. The minimum atomic E-state index is -4.42. The minimum Gasteiger partial charge on any atom is -0.378 e. The van der Waals surface area contributed by atoms with Crippen LogP contribution in [0.5, 0.6) is 11.5 Å². The Morgan fingerprint density at radius 2 is 1.53 bits per heavy atom. The molecular formula is C27H25ClFN5O8S3. The fraction of sp³-hybridized carbons (Fsp3) is 0.185. The number of aromatic amines is 1. The molecule has 0 atom stereocenters. The molecule has 2 aromatic heterocycles. The van der Waals surface area contributed by atoms with E-state index in [-0.39, 0.29) is 38.9 Å². The van der Waals surface area contributed by atoms with E-state index in [1.165, 1.54) is 32.0 Å². The van der Waals surface area contributed by atoms with Crippen LogP contribution in [0.15, 0.2) is 54.6 Å².